The molecule has 0 radical (unpaired) electrons. The molecule has 3 atom stereocenters. The molecule has 1 saturated carbocycles. The largest absolute Gasteiger partial charge is 0.342 e. The van der Waals surface area contributed by atoms with Crippen molar-refractivity contribution in [3.63, 3.8) is 0 Å². The van der Waals surface area contributed by atoms with Crippen LogP contribution in [0.4, 0.5) is 0 Å². The number of nitrogens with one attached hydrogen (secondary N) is 1. The molecule has 5 nitrogen and oxygen atoms in total. The van der Waals surface area contributed by atoms with Gasteiger partial charge in [-0.05, 0) is 55.8 Å². The number of likely N-dealkylation sites (N-methyl/N-ethyl adjacent to an activating group) is 1. The normalized spacial score (nSPS) is 25.6. The Morgan fingerprint density at radius 2 is 1.78 bits per heavy atom. The Morgan fingerprint density at radius 1 is 1.11 bits per heavy atom. The lowest BCUT2D eigenvalue weighted by Gasteiger charge is -2.41. The van der Waals surface area contributed by atoms with Crippen LogP contribution in [0.3, 0.4) is 0 Å². The lowest BCUT2D eigenvalue weighted by atomic mass is 9.78. The van der Waals surface area contributed by atoms with Crippen molar-refractivity contribution in [1.29, 1.82) is 0 Å². The molecule has 1 aliphatic heterocycles. The SMILES string of the molecule is CN(C(=O)Cc1ccc(S(C)(=O)=O)cc1)C1CCCCC1C1CCCN1.Cl. The van der Waals surface area contributed by atoms with Crippen LogP contribution in [0.15, 0.2) is 29.2 Å². The first-order valence-corrected chi connectivity index (χ1v) is 11.5. The second-order valence-electron chi connectivity index (χ2n) is 7.82. The number of carbonyl (C=O) groups is 1. The average Bonchev–Trinajstić information content (AvgIpc) is 3.15. The molecule has 1 saturated heterocycles. The van der Waals surface area contributed by atoms with Crippen LogP contribution >= 0.6 is 12.4 Å². The Labute approximate surface area is 169 Å². The predicted octanol–water partition coefficient (Wildman–Crippen LogP) is 2.82. The van der Waals surface area contributed by atoms with Crippen LogP contribution in [0, 0.1) is 5.92 Å². The van der Waals surface area contributed by atoms with E-state index in [0.29, 0.717) is 29.3 Å². The van der Waals surface area contributed by atoms with E-state index in [0.717, 1.165) is 18.5 Å². The molecular weight excluding hydrogens is 384 g/mol. The maximum absolute atomic E-state index is 12.8. The molecule has 2 aliphatic rings. The van der Waals surface area contributed by atoms with Crippen molar-refractivity contribution in [3.8, 4) is 0 Å². The van der Waals surface area contributed by atoms with Crippen LogP contribution in [0.25, 0.3) is 0 Å². The summed E-state index contributed by atoms with van der Waals surface area (Å²) in [6, 6.07) is 7.53. The summed E-state index contributed by atoms with van der Waals surface area (Å²) in [6.45, 7) is 1.10. The Morgan fingerprint density at radius 3 is 2.37 bits per heavy atom. The van der Waals surface area contributed by atoms with Gasteiger partial charge in [0.15, 0.2) is 9.84 Å². The van der Waals surface area contributed by atoms with Gasteiger partial charge in [-0.3, -0.25) is 4.79 Å². The van der Waals surface area contributed by atoms with Crippen LogP contribution in [0.1, 0.15) is 44.1 Å². The lowest BCUT2D eigenvalue weighted by molar-refractivity contribution is -0.133. The van der Waals surface area contributed by atoms with Gasteiger partial charge in [-0.2, -0.15) is 0 Å². The third kappa shape index (κ3) is 5.46. The average molecular weight is 415 g/mol. The van der Waals surface area contributed by atoms with E-state index in [1.807, 2.05) is 11.9 Å². The van der Waals surface area contributed by atoms with Crippen molar-refractivity contribution >= 4 is 28.2 Å². The summed E-state index contributed by atoms with van der Waals surface area (Å²) >= 11 is 0. The van der Waals surface area contributed by atoms with Gasteiger partial charge in [-0.1, -0.05) is 25.0 Å². The first-order valence-electron chi connectivity index (χ1n) is 9.64. The molecule has 1 aromatic carbocycles. The monoisotopic (exact) mass is 414 g/mol. The Hall–Kier alpha value is -1.11. The van der Waals surface area contributed by atoms with Gasteiger partial charge in [0, 0.05) is 25.4 Å². The second-order valence-corrected chi connectivity index (χ2v) is 9.83. The van der Waals surface area contributed by atoms with Gasteiger partial charge in [0.05, 0.1) is 11.3 Å². The Balaban J connectivity index is 0.00000261. The highest BCUT2D eigenvalue weighted by molar-refractivity contribution is 7.90. The summed E-state index contributed by atoms with van der Waals surface area (Å²) in [5, 5.41) is 3.63. The number of amides is 1. The van der Waals surface area contributed by atoms with Crippen LogP contribution < -0.4 is 5.32 Å². The van der Waals surface area contributed by atoms with E-state index < -0.39 is 9.84 Å². The first-order chi connectivity index (χ1) is 12.4. The summed E-state index contributed by atoms with van der Waals surface area (Å²) in [5.74, 6) is 0.666. The molecule has 1 heterocycles. The third-order valence-corrected chi connectivity index (χ3v) is 7.12. The molecule has 1 aliphatic carbocycles. The maximum Gasteiger partial charge on any atom is 0.226 e. The van der Waals surface area contributed by atoms with Crippen LogP contribution in [0.5, 0.6) is 0 Å². The molecule has 152 valence electrons. The molecule has 7 heteroatoms. The predicted molar refractivity (Wildman–Crippen MR) is 110 cm³/mol. The number of carbonyl (C=O) groups excluding carboxylic acids is 1. The second kappa shape index (κ2) is 9.39. The standard InChI is InChI=1S/C20H30N2O3S.ClH/c1-22(19-8-4-3-6-17(19)18-7-5-13-21-18)20(23)14-15-9-11-16(12-10-15)26(2,24)25;/h9-12,17-19,21H,3-8,13-14H2,1-2H3;1H. The Bertz CT molecular complexity index is 730. The summed E-state index contributed by atoms with van der Waals surface area (Å²) < 4.78 is 23.1. The molecule has 0 spiro atoms. The number of hydrogen-bond donors (Lipinski definition) is 1. The minimum atomic E-state index is -3.20. The van der Waals surface area contributed by atoms with E-state index in [1.165, 1.54) is 38.4 Å². The number of rotatable bonds is 5. The van der Waals surface area contributed by atoms with E-state index in [-0.39, 0.29) is 18.3 Å². The van der Waals surface area contributed by atoms with Crippen molar-refractivity contribution < 1.29 is 13.2 Å². The van der Waals surface area contributed by atoms with Gasteiger partial charge < -0.3 is 10.2 Å². The maximum atomic E-state index is 12.8. The van der Waals surface area contributed by atoms with Crippen LogP contribution in [-0.4, -0.2) is 51.2 Å². The van der Waals surface area contributed by atoms with Crippen molar-refractivity contribution in [2.45, 2.75) is 61.9 Å². The highest BCUT2D eigenvalue weighted by Crippen LogP contribution is 2.33. The van der Waals surface area contributed by atoms with Crippen molar-refractivity contribution in [2.75, 3.05) is 19.8 Å². The van der Waals surface area contributed by atoms with E-state index in [4.69, 9.17) is 0 Å². The van der Waals surface area contributed by atoms with Gasteiger partial charge in [0.25, 0.3) is 0 Å². The minimum absolute atomic E-state index is 0. The molecule has 1 aromatic rings. The zero-order valence-electron chi connectivity index (χ0n) is 16.2. The summed E-state index contributed by atoms with van der Waals surface area (Å²) in [5.41, 5.74) is 0.862. The number of sulfone groups is 1. The smallest absolute Gasteiger partial charge is 0.226 e. The molecule has 3 rings (SSSR count). The van der Waals surface area contributed by atoms with Gasteiger partial charge in [0.1, 0.15) is 0 Å². The van der Waals surface area contributed by atoms with E-state index >= 15 is 0 Å². The van der Waals surface area contributed by atoms with Crippen molar-refractivity contribution in [2.24, 2.45) is 5.92 Å². The minimum Gasteiger partial charge on any atom is -0.342 e. The molecule has 1 amide bonds. The molecule has 1 N–H and O–H groups in total. The van der Waals surface area contributed by atoms with E-state index in [1.54, 1.807) is 24.3 Å². The van der Waals surface area contributed by atoms with Gasteiger partial charge >= 0.3 is 0 Å². The molecule has 0 bridgehead atoms. The highest BCUT2D eigenvalue weighted by Gasteiger charge is 2.36. The number of hydrogen-bond acceptors (Lipinski definition) is 4. The molecular formula is C20H31ClN2O3S. The fourth-order valence-corrected chi connectivity index (χ4v) is 5.14. The molecule has 2 fully saturated rings. The Kier molecular flexibility index (Phi) is 7.72. The molecule has 27 heavy (non-hydrogen) atoms. The summed E-state index contributed by atoms with van der Waals surface area (Å²) in [4.78, 5) is 15.1. The number of benzene rings is 1. The highest BCUT2D eigenvalue weighted by atomic mass is 35.5. The fraction of sp³-hybridized carbons (Fsp3) is 0.650. The van der Waals surface area contributed by atoms with Crippen LogP contribution in [-0.2, 0) is 21.1 Å². The summed E-state index contributed by atoms with van der Waals surface area (Å²) in [6.07, 6.45) is 8.70. The quantitative estimate of drug-likeness (QED) is 0.804. The third-order valence-electron chi connectivity index (χ3n) is 5.99. The van der Waals surface area contributed by atoms with Crippen LogP contribution in [0.2, 0.25) is 0 Å². The first kappa shape index (κ1) is 22.2. The number of nitrogens with zero attached hydrogens (tertiary/aromatic N) is 1. The van der Waals surface area contributed by atoms with Gasteiger partial charge in [-0.15, -0.1) is 12.4 Å². The molecule has 3 unspecified atom stereocenters. The van der Waals surface area contributed by atoms with Crippen molar-refractivity contribution in [1.82, 2.24) is 10.2 Å². The zero-order chi connectivity index (χ0) is 18.7. The van der Waals surface area contributed by atoms with E-state index in [9.17, 15) is 13.2 Å². The van der Waals surface area contributed by atoms with Crippen molar-refractivity contribution in [3.05, 3.63) is 29.8 Å². The van der Waals surface area contributed by atoms with Gasteiger partial charge in [-0.25, -0.2) is 8.42 Å². The van der Waals surface area contributed by atoms with E-state index in [2.05, 4.69) is 5.32 Å². The zero-order valence-corrected chi connectivity index (χ0v) is 17.8. The fourth-order valence-electron chi connectivity index (χ4n) is 4.51. The number of halogens is 1. The molecule has 0 aromatic heterocycles. The topological polar surface area (TPSA) is 66.5 Å². The lowest BCUT2D eigenvalue weighted by Crippen LogP contribution is -2.50. The van der Waals surface area contributed by atoms with Gasteiger partial charge in [0.2, 0.25) is 5.91 Å². The summed E-state index contributed by atoms with van der Waals surface area (Å²) in [7, 11) is -1.26.